The zero-order chi connectivity index (χ0) is 19.1. The summed E-state index contributed by atoms with van der Waals surface area (Å²) in [7, 11) is 0. The Morgan fingerprint density at radius 1 is 1.04 bits per heavy atom. The van der Waals surface area contributed by atoms with Crippen LogP contribution in [0.1, 0.15) is 29.9 Å². The number of nitrogens with one attached hydrogen (secondary N) is 2. The number of aromatic nitrogens is 2. The Balaban J connectivity index is 1.72. The summed E-state index contributed by atoms with van der Waals surface area (Å²) >= 11 is 0. The number of benzene rings is 2. The lowest BCUT2D eigenvalue weighted by Crippen LogP contribution is -2.15. The smallest absolute Gasteiger partial charge is 0.274 e. The lowest BCUT2D eigenvalue weighted by Gasteiger charge is -2.10. The Morgan fingerprint density at radius 3 is 2.56 bits per heavy atom. The molecule has 0 radical (unpaired) electrons. The number of aryl methyl sites for hydroxylation is 1. The molecule has 27 heavy (non-hydrogen) atoms. The van der Waals surface area contributed by atoms with Crippen molar-refractivity contribution in [2.24, 2.45) is 0 Å². The van der Waals surface area contributed by atoms with Gasteiger partial charge in [0.1, 0.15) is 23.6 Å². The highest BCUT2D eigenvalue weighted by Gasteiger charge is 2.11. The molecule has 3 rings (SSSR count). The van der Waals surface area contributed by atoms with Crippen molar-refractivity contribution in [3.63, 3.8) is 0 Å². The average molecular weight is 362 g/mol. The highest BCUT2D eigenvalue weighted by atomic mass is 16.5. The molecule has 138 valence electrons. The van der Waals surface area contributed by atoms with Gasteiger partial charge in [-0.25, -0.2) is 9.97 Å². The van der Waals surface area contributed by atoms with E-state index in [0.717, 1.165) is 29.1 Å². The number of amides is 1. The van der Waals surface area contributed by atoms with Crippen LogP contribution < -0.4 is 15.4 Å². The number of hydrogen-bond donors (Lipinski definition) is 2. The van der Waals surface area contributed by atoms with E-state index in [1.807, 2.05) is 55.5 Å². The van der Waals surface area contributed by atoms with Gasteiger partial charge in [-0.05, 0) is 49.2 Å². The first kappa shape index (κ1) is 18.4. The summed E-state index contributed by atoms with van der Waals surface area (Å²) in [6.45, 7) is 4.62. The largest absolute Gasteiger partial charge is 0.494 e. The monoisotopic (exact) mass is 362 g/mol. The van der Waals surface area contributed by atoms with Crippen LogP contribution in [-0.2, 0) is 6.42 Å². The summed E-state index contributed by atoms with van der Waals surface area (Å²) in [6, 6.07) is 16.9. The molecule has 6 heteroatoms. The molecule has 0 fully saturated rings. The second-order valence-corrected chi connectivity index (χ2v) is 5.84. The lowest BCUT2D eigenvalue weighted by molar-refractivity contribution is 0.102. The first-order chi connectivity index (χ1) is 13.2. The topological polar surface area (TPSA) is 76.1 Å². The van der Waals surface area contributed by atoms with Crippen molar-refractivity contribution < 1.29 is 9.53 Å². The number of nitrogens with zero attached hydrogens (tertiary/aromatic N) is 2. The minimum absolute atomic E-state index is 0.270. The second kappa shape index (κ2) is 8.80. The van der Waals surface area contributed by atoms with E-state index in [9.17, 15) is 4.79 Å². The molecule has 2 N–H and O–H groups in total. The molecule has 1 aromatic heterocycles. The fourth-order valence-electron chi connectivity index (χ4n) is 2.64. The Bertz CT molecular complexity index is 910. The van der Waals surface area contributed by atoms with E-state index in [0.29, 0.717) is 18.1 Å². The first-order valence-electron chi connectivity index (χ1n) is 8.90. The molecular formula is C21H22N4O2. The summed E-state index contributed by atoms with van der Waals surface area (Å²) in [5, 5.41) is 6.09. The van der Waals surface area contributed by atoms with Crippen molar-refractivity contribution in [2.45, 2.75) is 20.3 Å². The molecule has 0 bridgehead atoms. The SMILES string of the molecule is CCOc1ccc(Nc2cc(C(=O)Nc3ccccc3CC)ncn2)cc1. The molecular weight excluding hydrogens is 340 g/mol. The summed E-state index contributed by atoms with van der Waals surface area (Å²) in [4.78, 5) is 20.8. The highest BCUT2D eigenvalue weighted by Crippen LogP contribution is 2.20. The van der Waals surface area contributed by atoms with Gasteiger partial charge in [0.05, 0.1) is 6.61 Å². The maximum Gasteiger partial charge on any atom is 0.274 e. The third-order valence-electron chi connectivity index (χ3n) is 3.98. The number of para-hydroxylation sites is 1. The van der Waals surface area contributed by atoms with Gasteiger partial charge in [-0.3, -0.25) is 4.79 Å². The number of carbonyl (C=O) groups excluding carboxylic acids is 1. The molecule has 0 spiro atoms. The number of carbonyl (C=O) groups is 1. The van der Waals surface area contributed by atoms with Crippen LogP contribution in [0.2, 0.25) is 0 Å². The van der Waals surface area contributed by atoms with E-state index in [2.05, 4.69) is 27.5 Å². The molecule has 0 aliphatic rings. The van der Waals surface area contributed by atoms with Crippen LogP contribution in [0, 0.1) is 0 Å². The Hall–Kier alpha value is -3.41. The third-order valence-corrected chi connectivity index (χ3v) is 3.98. The fourth-order valence-corrected chi connectivity index (χ4v) is 2.64. The van der Waals surface area contributed by atoms with Crippen LogP contribution in [0.4, 0.5) is 17.2 Å². The van der Waals surface area contributed by atoms with Gasteiger partial charge in [-0.2, -0.15) is 0 Å². The number of rotatable bonds is 7. The van der Waals surface area contributed by atoms with Crippen molar-refractivity contribution in [2.75, 3.05) is 17.2 Å². The molecule has 0 aliphatic carbocycles. The van der Waals surface area contributed by atoms with Gasteiger partial charge < -0.3 is 15.4 Å². The highest BCUT2D eigenvalue weighted by molar-refractivity contribution is 6.03. The molecule has 0 saturated carbocycles. The van der Waals surface area contributed by atoms with Crippen LogP contribution in [0.5, 0.6) is 5.75 Å². The van der Waals surface area contributed by atoms with E-state index in [1.54, 1.807) is 6.07 Å². The van der Waals surface area contributed by atoms with Gasteiger partial charge in [0.15, 0.2) is 0 Å². The van der Waals surface area contributed by atoms with Crippen molar-refractivity contribution in [3.05, 3.63) is 72.2 Å². The van der Waals surface area contributed by atoms with Crippen LogP contribution in [0.15, 0.2) is 60.9 Å². The molecule has 0 atom stereocenters. The van der Waals surface area contributed by atoms with E-state index in [-0.39, 0.29) is 5.91 Å². The van der Waals surface area contributed by atoms with Crippen LogP contribution in [-0.4, -0.2) is 22.5 Å². The van der Waals surface area contributed by atoms with Gasteiger partial charge in [-0.1, -0.05) is 25.1 Å². The molecule has 2 aromatic carbocycles. The summed E-state index contributed by atoms with van der Waals surface area (Å²) < 4.78 is 5.43. The quantitative estimate of drug-likeness (QED) is 0.650. The molecule has 6 nitrogen and oxygen atoms in total. The van der Waals surface area contributed by atoms with E-state index < -0.39 is 0 Å². The maximum atomic E-state index is 12.6. The second-order valence-electron chi connectivity index (χ2n) is 5.84. The zero-order valence-corrected chi connectivity index (χ0v) is 15.4. The third kappa shape index (κ3) is 4.82. The molecule has 0 saturated heterocycles. The predicted octanol–water partition coefficient (Wildman–Crippen LogP) is 4.43. The molecule has 0 unspecified atom stereocenters. The molecule has 1 amide bonds. The Labute approximate surface area is 158 Å². The summed E-state index contributed by atoms with van der Waals surface area (Å²) in [6.07, 6.45) is 2.21. The van der Waals surface area contributed by atoms with Gasteiger partial charge >= 0.3 is 0 Å². The van der Waals surface area contributed by atoms with Crippen molar-refractivity contribution in [1.82, 2.24) is 9.97 Å². The van der Waals surface area contributed by atoms with Gasteiger partial charge in [0, 0.05) is 17.4 Å². The van der Waals surface area contributed by atoms with Crippen molar-refractivity contribution >= 4 is 23.1 Å². The minimum Gasteiger partial charge on any atom is -0.494 e. The van der Waals surface area contributed by atoms with Crippen LogP contribution in [0.3, 0.4) is 0 Å². The van der Waals surface area contributed by atoms with Gasteiger partial charge in [-0.15, -0.1) is 0 Å². The average Bonchev–Trinajstić information content (AvgIpc) is 2.70. The molecule has 3 aromatic rings. The lowest BCUT2D eigenvalue weighted by atomic mass is 10.1. The molecule has 1 heterocycles. The van der Waals surface area contributed by atoms with Crippen molar-refractivity contribution in [3.8, 4) is 5.75 Å². The predicted molar refractivity (Wildman–Crippen MR) is 107 cm³/mol. The number of ether oxygens (including phenoxy) is 1. The van der Waals surface area contributed by atoms with Crippen LogP contribution >= 0.6 is 0 Å². The van der Waals surface area contributed by atoms with Gasteiger partial charge in [0.2, 0.25) is 0 Å². The summed E-state index contributed by atoms with van der Waals surface area (Å²) in [5.74, 6) is 1.08. The standard InChI is InChI=1S/C21H22N4O2/c1-3-15-7-5-6-8-18(15)25-21(26)19-13-20(23-14-22-19)24-16-9-11-17(12-10-16)27-4-2/h5-14H,3-4H2,1-2H3,(H,25,26)(H,22,23,24). The normalized spacial score (nSPS) is 10.3. The van der Waals surface area contributed by atoms with E-state index in [1.165, 1.54) is 6.33 Å². The molecule has 0 aliphatic heterocycles. The van der Waals surface area contributed by atoms with E-state index in [4.69, 9.17) is 4.74 Å². The summed E-state index contributed by atoms with van der Waals surface area (Å²) in [5.41, 5.74) is 3.02. The van der Waals surface area contributed by atoms with E-state index >= 15 is 0 Å². The zero-order valence-electron chi connectivity index (χ0n) is 15.4. The maximum absolute atomic E-state index is 12.6. The van der Waals surface area contributed by atoms with Crippen molar-refractivity contribution in [1.29, 1.82) is 0 Å². The minimum atomic E-state index is -0.270. The number of anilines is 3. The van der Waals surface area contributed by atoms with Gasteiger partial charge in [0.25, 0.3) is 5.91 Å². The fraction of sp³-hybridized carbons (Fsp3) is 0.190. The number of hydrogen-bond acceptors (Lipinski definition) is 5. The van der Waals surface area contributed by atoms with Crippen LogP contribution in [0.25, 0.3) is 0 Å². The Morgan fingerprint density at radius 2 is 1.81 bits per heavy atom. The Kier molecular flexibility index (Phi) is 5.99. The first-order valence-corrected chi connectivity index (χ1v) is 8.90.